The monoisotopic (exact) mass is 429 g/mol. The lowest BCUT2D eigenvalue weighted by atomic mass is 9.70. The van der Waals surface area contributed by atoms with Crippen LogP contribution in [0.2, 0.25) is 0 Å². The zero-order valence-corrected chi connectivity index (χ0v) is 19.1. The average molecular weight is 430 g/mol. The molecule has 0 fully saturated rings. The molecule has 2 aliphatic rings. The highest BCUT2D eigenvalue weighted by atomic mass is 32.2. The summed E-state index contributed by atoms with van der Waals surface area (Å²) in [6, 6.07) is 4.09. The van der Waals surface area contributed by atoms with Crippen LogP contribution in [0.5, 0.6) is 0 Å². The summed E-state index contributed by atoms with van der Waals surface area (Å²) >= 11 is 3.22. The number of ketones is 1. The smallest absolute Gasteiger partial charge is 0.257 e. The molecule has 0 saturated heterocycles. The highest BCUT2D eigenvalue weighted by Gasteiger charge is 2.42. The number of nitrogens with zero attached hydrogens (tertiary/aromatic N) is 1. The highest BCUT2D eigenvalue weighted by molar-refractivity contribution is 7.99. The molecular formula is C22H27N3O2S2. The molecule has 0 bridgehead atoms. The molecule has 7 heteroatoms. The lowest BCUT2D eigenvalue weighted by molar-refractivity contribution is -0.118. The summed E-state index contributed by atoms with van der Waals surface area (Å²) in [5.74, 6) is 0.380. The van der Waals surface area contributed by atoms with Crippen molar-refractivity contribution in [3.63, 3.8) is 0 Å². The number of aryl methyl sites for hydroxylation is 1. The fraction of sp³-hybridized carbons (Fsp3) is 0.500. The minimum absolute atomic E-state index is 0.105. The first kappa shape index (κ1) is 20.4. The molecule has 0 saturated carbocycles. The number of aromatic nitrogens is 2. The summed E-state index contributed by atoms with van der Waals surface area (Å²) in [7, 11) is 0. The molecular weight excluding hydrogens is 402 g/mol. The number of nitrogens with one attached hydrogen (secondary N) is 2. The summed E-state index contributed by atoms with van der Waals surface area (Å²) < 4.78 is 0. The average Bonchev–Trinajstić information content (AvgIpc) is 3.04. The number of aromatic amines is 1. The Labute approximate surface area is 179 Å². The molecule has 2 atom stereocenters. The first-order valence-electron chi connectivity index (χ1n) is 10.1. The number of anilines is 1. The summed E-state index contributed by atoms with van der Waals surface area (Å²) in [6.07, 6.45) is 2.27. The lowest BCUT2D eigenvalue weighted by Gasteiger charge is -2.38. The topological polar surface area (TPSA) is 74.8 Å². The third kappa shape index (κ3) is 3.82. The Hall–Kier alpha value is -1.86. The van der Waals surface area contributed by atoms with Gasteiger partial charge in [0.05, 0.1) is 11.5 Å². The van der Waals surface area contributed by atoms with Crippen molar-refractivity contribution in [3.05, 3.63) is 49.1 Å². The van der Waals surface area contributed by atoms with Crippen molar-refractivity contribution < 1.29 is 4.79 Å². The van der Waals surface area contributed by atoms with Crippen LogP contribution in [-0.2, 0) is 4.79 Å². The van der Waals surface area contributed by atoms with E-state index < -0.39 is 0 Å². The van der Waals surface area contributed by atoms with Gasteiger partial charge in [0, 0.05) is 32.7 Å². The number of hydrogen-bond donors (Lipinski definition) is 2. The molecule has 0 spiro atoms. The molecule has 29 heavy (non-hydrogen) atoms. The van der Waals surface area contributed by atoms with E-state index in [1.54, 1.807) is 23.1 Å². The molecule has 2 unspecified atom stereocenters. The molecule has 5 nitrogen and oxygen atoms in total. The first-order valence-corrected chi connectivity index (χ1v) is 11.8. The third-order valence-electron chi connectivity index (χ3n) is 5.63. The largest absolute Gasteiger partial charge is 0.343 e. The molecule has 4 rings (SSSR count). The van der Waals surface area contributed by atoms with E-state index in [1.807, 2.05) is 19.1 Å². The van der Waals surface area contributed by atoms with E-state index >= 15 is 0 Å². The fourth-order valence-electron chi connectivity index (χ4n) is 4.12. The van der Waals surface area contributed by atoms with Gasteiger partial charge < -0.3 is 10.3 Å². The number of fused-ring (bicyclic) bond motifs is 1. The number of Topliss-reactive ketones (excluding diaryl/α,β-unsaturated/α-hetero) is 1. The van der Waals surface area contributed by atoms with Crippen LogP contribution in [0.1, 0.15) is 68.2 Å². The minimum Gasteiger partial charge on any atom is -0.343 e. The van der Waals surface area contributed by atoms with Crippen LogP contribution in [0, 0.1) is 12.3 Å². The minimum atomic E-state index is -0.345. The second kappa shape index (κ2) is 7.43. The fourth-order valence-corrected chi connectivity index (χ4v) is 5.96. The van der Waals surface area contributed by atoms with E-state index in [0.29, 0.717) is 28.2 Å². The number of hydrogen-bond acceptors (Lipinski definition) is 6. The van der Waals surface area contributed by atoms with Crippen molar-refractivity contribution in [2.75, 3.05) is 5.32 Å². The van der Waals surface area contributed by atoms with E-state index in [9.17, 15) is 9.59 Å². The molecule has 2 aromatic heterocycles. The van der Waals surface area contributed by atoms with Crippen LogP contribution < -0.4 is 10.9 Å². The Kier molecular flexibility index (Phi) is 5.23. The van der Waals surface area contributed by atoms with Crippen LogP contribution >= 0.6 is 23.1 Å². The van der Waals surface area contributed by atoms with Crippen LogP contribution in [0.3, 0.4) is 0 Å². The van der Waals surface area contributed by atoms with Crippen LogP contribution in [0.25, 0.3) is 0 Å². The maximum Gasteiger partial charge on any atom is 0.257 e. The van der Waals surface area contributed by atoms with E-state index in [-0.39, 0.29) is 22.7 Å². The Morgan fingerprint density at radius 3 is 2.72 bits per heavy atom. The predicted octanol–water partition coefficient (Wildman–Crippen LogP) is 5.23. The molecule has 0 radical (unpaired) electrons. The second-order valence-electron chi connectivity index (χ2n) is 8.81. The number of rotatable bonds is 4. The number of thioether (sulfide) groups is 1. The zero-order chi connectivity index (χ0) is 20.9. The molecule has 3 heterocycles. The van der Waals surface area contributed by atoms with E-state index in [4.69, 9.17) is 4.98 Å². The normalized spacial score (nSPS) is 21.4. The van der Waals surface area contributed by atoms with Gasteiger partial charge in [-0.05, 0) is 37.3 Å². The molecule has 154 valence electrons. The van der Waals surface area contributed by atoms with E-state index in [1.165, 1.54) is 4.88 Å². The van der Waals surface area contributed by atoms with Gasteiger partial charge >= 0.3 is 0 Å². The standard InChI is InChI=1S/C22H27N3O2S2/c1-6-11(2)29-21-24-19-18(20(27)25-21)17(15-8-7-12(3)28-15)16-13(23-19)9-22(4,5)10-14(16)26/h7-8,11,17H,6,9-10H2,1-5H3,(H2,23,24,25,27). The molecule has 0 amide bonds. The number of carbonyl (C=O) groups excluding carboxylic acids is 1. The van der Waals surface area contributed by atoms with Gasteiger partial charge in [0.1, 0.15) is 5.82 Å². The van der Waals surface area contributed by atoms with Gasteiger partial charge in [0.2, 0.25) is 0 Å². The molecule has 1 aliphatic carbocycles. The number of allylic oxidation sites excluding steroid dienone is 2. The summed E-state index contributed by atoms with van der Waals surface area (Å²) in [5, 5.41) is 4.37. The number of thiophene rings is 1. The predicted molar refractivity (Wildman–Crippen MR) is 120 cm³/mol. The van der Waals surface area contributed by atoms with E-state index in [2.05, 4.69) is 38.0 Å². The van der Waals surface area contributed by atoms with Gasteiger partial charge in [-0.15, -0.1) is 11.3 Å². The lowest BCUT2D eigenvalue weighted by Crippen LogP contribution is -2.36. The first-order chi connectivity index (χ1) is 13.7. The maximum absolute atomic E-state index is 13.2. The van der Waals surface area contributed by atoms with Gasteiger partial charge in [-0.2, -0.15) is 0 Å². The van der Waals surface area contributed by atoms with Crippen molar-refractivity contribution in [2.24, 2.45) is 5.41 Å². The molecule has 2 N–H and O–H groups in total. The molecule has 1 aliphatic heterocycles. The van der Waals surface area contributed by atoms with Crippen LogP contribution in [0.15, 0.2) is 33.4 Å². The SMILES string of the molecule is CCC(C)Sc1nc2c(c(=O)[nH]1)C(c1ccc(C)s1)C1=C(CC(C)(C)CC1=O)N2. The van der Waals surface area contributed by atoms with Gasteiger partial charge in [0.25, 0.3) is 5.56 Å². The number of carbonyl (C=O) groups is 1. The molecule has 0 aromatic carbocycles. The molecule has 2 aromatic rings. The van der Waals surface area contributed by atoms with Gasteiger partial charge in [-0.25, -0.2) is 4.98 Å². The van der Waals surface area contributed by atoms with Gasteiger partial charge in [0.15, 0.2) is 10.9 Å². The Balaban J connectivity index is 1.89. The highest BCUT2D eigenvalue weighted by Crippen LogP contribution is 2.48. The Morgan fingerprint density at radius 2 is 2.07 bits per heavy atom. The van der Waals surface area contributed by atoms with Crippen LogP contribution in [0.4, 0.5) is 5.82 Å². The second-order valence-corrected chi connectivity index (χ2v) is 11.6. The van der Waals surface area contributed by atoms with Gasteiger partial charge in [-0.3, -0.25) is 9.59 Å². The summed E-state index contributed by atoms with van der Waals surface area (Å²) in [6.45, 7) is 10.5. The summed E-state index contributed by atoms with van der Waals surface area (Å²) in [4.78, 5) is 36.3. The van der Waals surface area contributed by atoms with Crippen molar-refractivity contribution in [3.8, 4) is 0 Å². The maximum atomic E-state index is 13.2. The Morgan fingerprint density at radius 1 is 1.31 bits per heavy atom. The quantitative estimate of drug-likeness (QED) is 0.514. The third-order valence-corrected chi connectivity index (χ3v) is 7.85. The number of H-pyrrole nitrogens is 1. The van der Waals surface area contributed by atoms with Crippen LogP contribution in [-0.4, -0.2) is 21.0 Å². The zero-order valence-electron chi connectivity index (χ0n) is 17.5. The van der Waals surface area contributed by atoms with E-state index in [0.717, 1.165) is 29.0 Å². The van der Waals surface area contributed by atoms with Crippen molar-refractivity contribution in [2.45, 2.75) is 70.2 Å². The van der Waals surface area contributed by atoms with Crippen molar-refractivity contribution in [1.82, 2.24) is 9.97 Å². The van der Waals surface area contributed by atoms with Gasteiger partial charge in [-0.1, -0.05) is 39.5 Å². The van der Waals surface area contributed by atoms with Crippen molar-refractivity contribution >= 4 is 34.7 Å². The summed E-state index contributed by atoms with van der Waals surface area (Å²) in [5.41, 5.74) is 1.97. The Bertz CT molecular complexity index is 1060. The van der Waals surface area contributed by atoms with Crippen molar-refractivity contribution in [1.29, 1.82) is 0 Å².